The first-order chi connectivity index (χ1) is 13.6. The van der Waals surface area contributed by atoms with Crippen LogP contribution in [0.1, 0.15) is 40.9 Å². The number of carbonyl (C=O) groups excluding carboxylic acids is 1. The van der Waals surface area contributed by atoms with E-state index in [4.69, 9.17) is 4.42 Å². The van der Waals surface area contributed by atoms with E-state index in [1.807, 2.05) is 73.8 Å². The maximum Gasteiger partial charge on any atom is 0.319 e. The quantitative estimate of drug-likeness (QED) is 0.514. The molecular formula is C22H24N2O2S2. The summed E-state index contributed by atoms with van der Waals surface area (Å²) in [6, 6.07) is 15.6. The number of benzene rings is 2. The number of anilines is 1. The van der Waals surface area contributed by atoms with Crippen LogP contribution in [0.3, 0.4) is 0 Å². The molecule has 3 aromatic rings. The first kappa shape index (κ1) is 19.3. The standard InChI is InChI=1S/C22H24N2O2S2/c1-14-18-9-3-4-10-19(18)26-20(14)15(2)23-22(25)24-17-8-5-7-16(13-17)21-27-11-6-12-28-21/h3-5,7-10,13,15,21H,6,11-12H2,1-2H3,(H2,23,24,25)/t15-/m1/s1. The molecule has 1 saturated heterocycles. The Bertz CT molecular complexity index is 980. The number of nitrogens with one attached hydrogen (secondary N) is 2. The molecule has 2 amide bonds. The molecule has 2 aromatic carbocycles. The molecule has 2 heterocycles. The summed E-state index contributed by atoms with van der Waals surface area (Å²) in [5.41, 5.74) is 3.99. The van der Waals surface area contributed by atoms with Crippen LogP contribution >= 0.6 is 23.5 Å². The van der Waals surface area contributed by atoms with Gasteiger partial charge in [-0.1, -0.05) is 30.3 Å². The third-order valence-electron chi connectivity index (χ3n) is 4.87. The van der Waals surface area contributed by atoms with Crippen LogP contribution in [0.4, 0.5) is 10.5 Å². The fourth-order valence-corrected chi connectivity index (χ4v) is 6.35. The highest BCUT2D eigenvalue weighted by molar-refractivity contribution is 8.16. The average molecular weight is 413 g/mol. The summed E-state index contributed by atoms with van der Waals surface area (Å²) in [4.78, 5) is 12.5. The van der Waals surface area contributed by atoms with Gasteiger partial charge in [0.05, 0.1) is 10.6 Å². The molecule has 1 atom stereocenters. The minimum absolute atomic E-state index is 0.222. The van der Waals surface area contributed by atoms with Gasteiger partial charge in [0.25, 0.3) is 0 Å². The van der Waals surface area contributed by atoms with Crippen molar-refractivity contribution in [3.63, 3.8) is 0 Å². The lowest BCUT2D eigenvalue weighted by Gasteiger charge is -2.21. The second-order valence-electron chi connectivity index (χ2n) is 6.96. The highest BCUT2D eigenvalue weighted by atomic mass is 32.2. The number of urea groups is 1. The number of hydrogen-bond donors (Lipinski definition) is 2. The number of carbonyl (C=O) groups is 1. The SMILES string of the molecule is Cc1c([C@@H](C)NC(=O)Nc2cccc(C3SCCCS3)c2)oc2ccccc12. The van der Waals surface area contributed by atoms with E-state index in [9.17, 15) is 4.79 Å². The van der Waals surface area contributed by atoms with Gasteiger partial charge in [-0.25, -0.2) is 4.79 Å². The van der Waals surface area contributed by atoms with E-state index in [0.717, 1.165) is 28.0 Å². The first-order valence-corrected chi connectivity index (χ1v) is 11.6. The van der Waals surface area contributed by atoms with Crippen molar-refractivity contribution in [1.29, 1.82) is 0 Å². The van der Waals surface area contributed by atoms with Crippen LogP contribution in [-0.2, 0) is 0 Å². The molecule has 0 saturated carbocycles. The van der Waals surface area contributed by atoms with Gasteiger partial charge >= 0.3 is 6.03 Å². The number of furan rings is 1. The highest BCUT2D eigenvalue weighted by Crippen LogP contribution is 2.44. The third kappa shape index (κ3) is 4.18. The molecule has 4 rings (SSSR count). The molecule has 1 fully saturated rings. The van der Waals surface area contributed by atoms with Gasteiger partial charge in [-0.3, -0.25) is 0 Å². The monoisotopic (exact) mass is 412 g/mol. The summed E-state index contributed by atoms with van der Waals surface area (Å²) in [5, 5.41) is 7.04. The Labute approximate surface area is 173 Å². The molecule has 2 N–H and O–H groups in total. The molecule has 1 aliphatic heterocycles. The number of hydrogen-bond acceptors (Lipinski definition) is 4. The maximum absolute atomic E-state index is 12.5. The van der Waals surface area contributed by atoms with Gasteiger partial charge in [-0.2, -0.15) is 0 Å². The first-order valence-electron chi connectivity index (χ1n) is 9.50. The van der Waals surface area contributed by atoms with E-state index in [1.54, 1.807) is 0 Å². The second kappa shape index (κ2) is 8.53. The molecule has 0 bridgehead atoms. The zero-order valence-corrected chi connectivity index (χ0v) is 17.7. The predicted molar refractivity (Wildman–Crippen MR) is 120 cm³/mol. The molecule has 1 aliphatic rings. The van der Waals surface area contributed by atoms with Crippen molar-refractivity contribution in [2.45, 2.75) is 30.9 Å². The van der Waals surface area contributed by atoms with Crippen molar-refractivity contribution in [2.75, 3.05) is 16.8 Å². The van der Waals surface area contributed by atoms with Gasteiger partial charge in [-0.05, 0) is 55.5 Å². The van der Waals surface area contributed by atoms with E-state index in [2.05, 4.69) is 22.8 Å². The number of rotatable bonds is 4. The predicted octanol–water partition coefficient (Wildman–Crippen LogP) is 6.49. The Morgan fingerprint density at radius 2 is 1.93 bits per heavy atom. The lowest BCUT2D eigenvalue weighted by Crippen LogP contribution is -2.31. The molecule has 4 nitrogen and oxygen atoms in total. The van der Waals surface area contributed by atoms with Crippen LogP contribution < -0.4 is 10.6 Å². The number of fused-ring (bicyclic) bond motifs is 1. The largest absolute Gasteiger partial charge is 0.459 e. The topological polar surface area (TPSA) is 54.3 Å². The van der Waals surface area contributed by atoms with Gasteiger partial charge in [0, 0.05) is 16.6 Å². The smallest absolute Gasteiger partial charge is 0.319 e. The molecule has 0 spiro atoms. The van der Waals surface area contributed by atoms with E-state index in [-0.39, 0.29) is 12.1 Å². The summed E-state index contributed by atoms with van der Waals surface area (Å²) >= 11 is 3.96. The summed E-state index contributed by atoms with van der Waals surface area (Å²) in [5.74, 6) is 3.19. The lowest BCUT2D eigenvalue weighted by molar-refractivity contribution is 0.248. The zero-order chi connectivity index (χ0) is 19.5. The van der Waals surface area contributed by atoms with E-state index in [1.165, 1.54) is 23.5 Å². The van der Waals surface area contributed by atoms with E-state index in [0.29, 0.717) is 4.58 Å². The number of para-hydroxylation sites is 1. The van der Waals surface area contributed by atoms with Gasteiger partial charge in [0.15, 0.2) is 0 Å². The Morgan fingerprint density at radius 1 is 1.14 bits per heavy atom. The number of thioether (sulfide) groups is 2. The fraction of sp³-hybridized carbons (Fsp3) is 0.318. The van der Waals surface area contributed by atoms with Crippen molar-refractivity contribution >= 4 is 46.2 Å². The van der Waals surface area contributed by atoms with Gasteiger partial charge in [0.1, 0.15) is 11.3 Å². The average Bonchev–Trinajstić information content (AvgIpc) is 3.06. The van der Waals surface area contributed by atoms with Crippen molar-refractivity contribution in [3.8, 4) is 0 Å². The molecule has 0 radical (unpaired) electrons. The second-order valence-corrected chi connectivity index (χ2v) is 9.68. The number of amides is 2. The Morgan fingerprint density at radius 3 is 2.71 bits per heavy atom. The molecule has 1 aromatic heterocycles. The molecule has 6 heteroatoms. The Hall–Kier alpha value is -2.05. The Balaban J connectivity index is 1.43. The van der Waals surface area contributed by atoms with Crippen molar-refractivity contribution in [3.05, 3.63) is 65.4 Å². The molecule has 0 aliphatic carbocycles. The summed E-state index contributed by atoms with van der Waals surface area (Å²) in [6.45, 7) is 3.97. The number of aryl methyl sites for hydroxylation is 1. The lowest BCUT2D eigenvalue weighted by atomic mass is 10.1. The summed E-state index contributed by atoms with van der Waals surface area (Å²) in [6.07, 6.45) is 1.27. The Kier molecular flexibility index (Phi) is 5.87. The van der Waals surface area contributed by atoms with E-state index < -0.39 is 0 Å². The van der Waals surface area contributed by atoms with Gasteiger partial charge < -0.3 is 15.1 Å². The van der Waals surface area contributed by atoms with E-state index >= 15 is 0 Å². The maximum atomic E-state index is 12.5. The minimum Gasteiger partial charge on any atom is -0.459 e. The third-order valence-corrected chi connectivity index (χ3v) is 7.88. The summed E-state index contributed by atoms with van der Waals surface area (Å²) in [7, 11) is 0. The van der Waals surface area contributed by atoms with Gasteiger partial charge in [0.2, 0.25) is 0 Å². The van der Waals surface area contributed by atoms with Crippen LogP contribution in [0, 0.1) is 6.92 Å². The zero-order valence-electron chi connectivity index (χ0n) is 16.0. The van der Waals surface area contributed by atoms with Crippen LogP contribution in [-0.4, -0.2) is 17.5 Å². The molecule has 146 valence electrons. The molecular weight excluding hydrogens is 388 g/mol. The van der Waals surface area contributed by atoms with Crippen LogP contribution in [0.2, 0.25) is 0 Å². The summed E-state index contributed by atoms with van der Waals surface area (Å²) < 4.78 is 6.42. The van der Waals surface area contributed by atoms with Gasteiger partial charge in [-0.15, -0.1) is 23.5 Å². The molecule has 28 heavy (non-hydrogen) atoms. The molecule has 0 unspecified atom stereocenters. The van der Waals surface area contributed by atoms with Crippen LogP contribution in [0.15, 0.2) is 52.9 Å². The minimum atomic E-state index is -0.228. The van der Waals surface area contributed by atoms with Crippen molar-refractivity contribution in [1.82, 2.24) is 5.32 Å². The van der Waals surface area contributed by atoms with Crippen LogP contribution in [0.25, 0.3) is 11.0 Å². The fourth-order valence-electron chi connectivity index (χ4n) is 3.48. The highest BCUT2D eigenvalue weighted by Gasteiger charge is 2.19. The van der Waals surface area contributed by atoms with Crippen LogP contribution in [0.5, 0.6) is 0 Å². The van der Waals surface area contributed by atoms with Crippen molar-refractivity contribution in [2.24, 2.45) is 0 Å². The normalized spacial score (nSPS) is 16.1. The van der Waals surface area contributed by atoms with Crippen molar-refractivity contribution < 1.29 is 9.21 Å².